The van der Waals surface area contributed by atoms with Crippen LogP contribution >= 0.6 is 15.9 Å². The highest BCUT2D eigenvalue weighted by atomic mass is 79.9. The van der Waals surface area contributed by atoms with Crippen molar-refractivity contribution in [1.29, 1.82) is 0 Å². The van der Waals surface area contributed by atoms with Gasteiger partial charge in [0.15, 0.2) is 0 Å². The Kier molecular flexibility index (Phi) is 4.76. The Hall–Kier alpha value is -2.39. The van der Waals surface area contributed by atoms with Crippen LogP contribution in [0.15, 0.2) is 45.8 Å². The van der Waals surface area contributed by atoms with Crippen LogP contribution in [-0.2, 0) is 14.8 Å². The fraction of sp³-hybridized carbons (Fsp3) is 0.118. The molecule has 0 bridgehead atoms. The number of anilines is 1. The predicted octanol–water partition coefficient (Wildman–Crippen LogP) is 3.97. The molecule has 0 unspecified atom stereocenters. The number of carbonyl (C=O) groups is 1. The van der Waals surface area contributed by atoms with Gasteiger partial charge in [0.25, 0.3) is 10.0 Å². The molecule has 0 aliphatic carbocycles. The number of ether oxygens (including phenoxy) is 1. The first-order valence-electron chi connectivity index (χ1n) is 7.41. The largest absolute Gasteiger partial charge is 0.465 e. The first-order valence-corrected chi connectivity index (χ1v) is 9.68. The van der Waals surface area contributed by atoms with Gasteiger partial charge in [-0.2, -0.15) is 0 Å². The Labute approximate surface area is 157 Å². The number of aromatic nitrogens is 1. The van der Waals surface area contributed by atoms with Crippen LogP contribution in [0, 0.1) is 12.7 Å². The monoisotopic (exact) mass is 440 g/mol. The summed E-state index contributed by atoms with van der Waals surface area (Å²) >= 11 is 3.03. The molecule has 0 fully saturated rings. The van der Waals surface area contributed by atoms with Crippen LogP contribution < -0.4 is 4.72 Å². The molecular formula is C17H14BrFN2O4S. The second-order valence-electron chi connectivity index (χ2n) is 5.61. The fourth-order valence-electron chi connectivity index (χ4n) is 2.55. The molecule has 9 heteroatoms. The molecule has 2 aromatic carbocycles. The van der Waals surface area contributed by atoms with Crippen LogP contribution in [0.5, 0.6) is 0 Å². The lowest BCUT2D eigenvalue weighted by atomic mass is 10.2. The molecule has 6 nitrogen and oxygen atoms in total. The van der Waals surface area contributed by atoms with E-state index >= 15 is 0 Å². The summed E-state index contributed by atoms with van der Waals surface area (Å²) in [6, 6.07) is 8.63. The quantitative estimate of drug-likeness (QED) is 0.600. The van der Waals surface area contributed by atoms with Crippen molar-refractivity contribution < 1.29 is 22.3 Å². The number of halogens is 2. The summed E-state index contributed by atoms with van der Waals surface area (Å²) in [5.74, 6) is -1.77. The van der Waals surface area contributed by atoms with Gasteiger partial charge in [-0.05, 0) is 59.3 Å². The number of H-pyrrole nitrogens is 1. The zero-order chi connectivity index (χ0) is 19.1. The number of aromatic amines is 1. The van der Waals surface area contributed by atoms with Crippen molar-refractivity contribution in [3.63, 3.8) is 0 Å². The third kappa shape index (κ3) is 3.45. The van der Waals surface area contributed by atoms with Crippen LogP contribution in [-0.4, -0.2) is 26.5 Å². The minimum absolute atomic E-state index is 0.0917. The summed E-state index contributed by atoms with van der Waals surface area (Å²) in [5, 5.41) is 0.814. The van der Waals surface area contributed by atoms with Gasteiger partial charge in [-0.1, -0.05) is 0 Å². The zero-order valence-corrected chi connectivity index (χ0v) is 16.2. The lowest BCUT2D eigenvalue weighted by Gasteiger charge is -2.11. The molecule has 1 aromatic heterocycles. The molecule has 26 heavy (non-hydrogen) atoms. The summed E-state index contributed by atoms with van der Waals surface area (Å²) in [6.07, 6.45) is 0. The standard InChI is InChI=1S/C17H14BrFN2O4S/c1-9-5-10-6-11(3-4-15(10)20-9)21-26(23,24)16-7-12(17(22)25-2)13(18)8-14(16)19/h3-8,20-21H,1-2H3. The summed E-state index contributed by atoms with van der Waals surface area (Å²) in [4.78, 5) is 14.2. The molecule has 3 aromatic rings. The molecule has 0 spiro atoms. The van der Waals surface area contributed by atoms with E-state index in [-0.39, 0.29) is 15.7 Å². The Morgan fingerprint density at radius 3 is 2.65 bits per heavy atom. The first-order chi connectivity index (χ1) is 12.2. The third-order valence-corrected chi connectivity index (χ3v) is 5.78. The first kappa shape index (κ1) is 18.4. The van der Waals surface area contributed by atoms with Crippen molar-refractivity contribution in [2.24, 2.45) is 0 Å². The molecule has 0 aliphatic rings. The highest BCUT2D eigenvalue weighted by Crippen LogP contribution is 2.27. The molecule has 0 aliphatic heterocycles. The van der Waals surface area contributed by atoms with E-state index in [0.29, 0.717) is 0 Å². The van der Waals surface area contributed by atoms with Crippen LogP contribution in [0.3, 0.4) is 0 Å². The van der Waals surface area contributed by atoms with Crippen LogP contribution in [0.1, 0.15) is 16.1 Å². The van der Waals surface area contributed by atoms with Gasteiger partial charge in [-0.25, -0.2) is 17.6 Å². The Balaban J connectivity index is 2.02. The van der Waals surface area contributed by atoms with Gasteiger partial charge < -0.3 is 9.72 Å². The van der Waals surface area contributed by atoms with Crippen LogP contribution in [0.4, 0.5) is 10.1 Å². The van der Waals surface area contributed by atoms with Crippen molar-refractivity contribution in [2.75, 3.05) is 11.8 Å². The maximum Gasteiger partial charge on any atom is 0.339 e. The number of nitrogens with one attached hydrogen (secondary N) is 2. The number of hydrogen-bond donors (Lipinski definition) is 2. The van der Waals surface area contributed by atoms with Gasteiger partial charge in [-0.15, -0.1) is 0 Å². The maximum absolute atomic E-state index is 14.2. The Bertz CT molecular complexity index is 1130. The number of rotatable bonds is 4. The normalized spacial score (nSPS) is 11.5. The highest BCUT2D eigenvalue weighted by Gasteiger charge is 2.24. The minimum Gasteiger partial charge on any atom is -0.465 e. The van der Waals surface area contributed by atoms with Crippen molar-refractivity contribution in [3.05, 3.63) is 57.9 Å². The molecule has 0 atom stereocenters. The number of sulfonamides is 1. The van der Waals surface area contributed by atoms with E-state index in [2.05, 4.69) is 30.4 Å². The van der Waals surface area contributed by atoms with Gasteiger partial charge >= 0.3 is 5.97 Å². The Morgan fingerprint density at radius 1 is 1.23 bits per heavy atom. The number of aryl methyl sites for hydroxylation is 1. The number of carbonyl (C=O) groups excluding carboxylic acids is 1. The van der Waals surface area contributed by atoms with Gasteiger partial charge in [-0.3, -0.25) is 4.72 Å². The molecule has 3 rings (SSSR count). The lowest BCUT2D eigenvalue weighted by molar-refractivity contribution is 0.0599. The average molecular weight is 441 g/mol. The number of fused-ring (bicyclic) bond motifs is 1. The second-order valence-corrected chi connectivity index (χ2v) is 8.12. The predicted molar refractivity (Wildman–Crippen MR) is 99.3 cm³/mol. The number of esters is 1. The zero-order valence-electron chi connectivity index (χ0n) is 13.8. The molecular weight excluding hydrogens is 427 g/mol. The summed E-state index contributed by atoms with van der Waals surface area (Å²) < 4.78 is 46.5. The number of methoxy groups -OCH3 is 1. The van der Waals surface area contributed by atoms with Gasteiger partial charge in [0.05, 0.1) is 12.7 Å². The molecule has 0 saturated carbocycles. The highest BCUT2D eigenvalue weighted by molar-refractivity contribution is 9.10. The van der Waals surface area contributed by atoms with Crippen LogP contribution in [0.2, 0.25) is 0 Å². The molecule has 1 heterocycles. The molecule has 0 radical (unpaired) electrons. The van der Waals surface area contributed by atoms with Gasteiger partial charge in [0, 0.05) is 26.8 Å². The summed E-state index contributed by atoms with van der Waals surface area (Å²) in [6.45, 7) is 1.88. The lowest BCUT2D eigenvalue weighted by Crippen LogP contribution is -2.16. The van der Waals surface area contributed by atoms with E-state index in [0.717, 1.165) is 35.8 Å². The van der Waals surface area contributed by atoms with E-state index in [1.807, 2.05) is 13.0 Å². The molecule has 136 valence electrons. The molecule has 0 saturated heterocycles. The van der Waals surface area contributed by atoms with Crippen LogP contribution in [0.25, 0.3) is 10.9 Å². The van der Waals surface area contributed by atoms with Crippen molar-refractivity contribution in [3.8, 4) is 0 Å². The molecule has 2 N–H and O–H groups in total. The van der Waals surface area contributed by atoms with E-state index in [9.17, 15) is 17.6 Å². The Morgan fingerprint density at radius 2 is 1.96 bits per heavy atom. The van der Waals surface area contributed by atoms with Gasteiger partial charge in [0.1, 0.15) is 10.7 Å². The third-order valence-electron chi connectivity index (χ3n) is 3.72. The van der Waals surface area contributed by atoms with Gasteiger partial charge in [0.2, 0.25) is 0 Å². The number of benzene rings is 2. The van der Waals surface area contributed by atoms with Crippen molar-refractivity contribution in [1.82, 2.24) is 4.98 Å². The smallest absolute Gasteiger partial charge is 0.339 e. The van der Waals surface area contributed by atoms with E-state index in [4.69, 9.17) is 0 Å². The van der Waals surface area contributed by atoms with Crippen molar-refractivity contribution in [2.45, 2.75) is 11.8 Å². The van der Waals surface area contributed by atoms with E-state index in [1.165, 1.54) is 0 Å². The molecule has 0 amide bonds. The SMILES string of the molecule is COC(=O)c1cc(S(=O)(=O)Nc2ccc3[nH]c(C)cc3c2)c(F)cc1Br. The average Bonchev–Trinajstić information content (AvgIpc) is 2.92. The summed E-state index contributed by atoms with van der Waals surface area (Å²) in [5.41, 5.74) is 1.97. The fourth-order valence-corrected chi connectivity index (χ4v) is 4.17. The minimum atomic E-state index is -4.25. The topological polar surface area (TPSA) is 88.3 Å². The van der Waals surface area contributed by atoms with E-state index < -0.39 is 26.7 Å². The van der Waals surface area contributed by atoms with Crippen molar-refractivity contribution >= 4 is 48.5 Å². The van der Waals surface area contributed by atoms with E-state index in [1.54, 1.807) is 18.2 Å². The summed E-state index contributed by atoms with van der Waals surface area (Å²) in [7, 11) is -3.10. The number of hydrogen-bond acceptors (Lipinski definition) is 4. The maximum atomic E-state index is 14.2. The second kappa shape index (κ2) is 6.73.